The molecule has 1 fully saturated rings. The van der Waals surface area contributed by atoms with Crippen LogP contribution in [0.25, 0.3) is 22.5 Å². The molecule has 4 aromatic rings. The maximum absolute atomic E-state index is 5.07. The molecule has 0 saturated carbocycles. The monoisotopic (exact) mass is 428 g/mol. The SMILES string of the molecule is Cc1nc(-c2ccc(-c3ccc(CN4CCN(Cc5nccn5C)CC4)cc3)cc2)no1. The molecular formula is C25H28N6O. The Hall–Kier alpha value is -3.29. The number of piperazine rings is 1. The molecule has 0 spiro atoms. The summed E-state index contributed by atoms with van der Waals surface area (Å²) in [5.74, 6) is 2.34. The molecule has 32 heavy (non-hydrogen) atoms. The molecule has 7 heteroatoms. The molecule has 5 rings (SSSR count). The fourth-order valence-electron chi connectivity index (χ4n) is 4.14. The van der Waals surface area contributed by atoms with Crippen LogP contribution in [0.3, 0.4) is 0 Å². The average Bonchev–Trinajstić information content (AvgIpc) is 3.44. The highest BCUT2D eigenvalue weighted by molar-refractivity contribution is 5.67. The van der Waals surface area contributed by atoms with Crippen molar-refractivity contribution in [1.29, 1.82) is 0 Å². The van der Waals surface area contributed by atoms with Gasteiger partial charge < -0.3 is 9.09 Å². The summed E-state index contributed by atoms with van der Waals surface area (Å²) in [5.41, 5.74) is 4.71. The Morgan fingerprint density at radius 3 is 1.97 bits per heavy atom. The Morgan fingerprint density at radius 1 is 0.812 bits per heavy atom. The minimum atomic E-state index is 0.578. The van der Waals surface area contributed by atoms with Crippen LogP contribution in [0, 0.1) is 6.92 Å². The van der Waals surface area contributed by atoms with Crippen molar-refractivity contribution in [2.75, 3.05) is 26.2 Å². The van der Waals surface area contributed by atoms with Crippen LogP contribution in [0.1, 0.15) is 17.3 Å². The molecule has 7 nitrogen and oxygen atoms in total. The lowest BCUT2D eigenvalue weighted by molar-refractivity contribution is 0.119. The van der Waals surface area contributed by atoms with E-state index in [2.05, 4.69) is 72.9 Å². The second kappa shape index (κ2) is 9.06. The quantitative estimate of drug-likeness (QED) is 0.466. The molecule has 1 saturated heterocycles. The van der Waals surface area contributed by atoms with Crippen LogP contribution in [0.4, 0.5) is 0 Å². The lowest BCUT2D eigenvalue weighted by Gasteiger charge is -2.34. The van der Waals surface area contributed by atoms with Crippen molar-refractivity contribution in [3.05, 3.63) is 78.2 Å². The largest absolute Gasteiger partial charge is 0.339 e. The highest BCUT2D eigenvalue weighted by atomic mass is 16.5. The molecule has 2 aromatic heterocycles. The smallest absolute Gasteiger partial charge is 0.223 e. The van der Waals surface area contributed by atoms with Gasteiger partial charge in [-0.25, -0.2) is 4.98 Å². The first-order valence-corrected chi connectivity index (χ1v) is 11.0. The van der Waals surface area contributed by atoms with Crippen molar-refractivity contribution in [3.63, 3.8) is 0 Å². The lowest BCUT2D eigenvalue weighted by Crippen LogP contribution is -2.45. The van der Waals surface area contributed by atoms with Crippen LogP contribution in [-0.2, 0) is 20.1 Å². The summed E-state index contributed by atoms with van der Waals surface area (Å²) in [6.45, 7) is 8.05. The minimum Gasteiger partial charge on any atom is -0.339 e. The zero-order valence-electron chi connectivity index (χ0n) is 18.6. The lowest BCUT2D eigenvalue weighted by atomic mass is 10.0. The molecule has 0 amide bonds. The average molecular weight is 429 g/mol. The maximum Gasteiger partial charge on any atom is 0.223 e. The Balaban J connectivity index is 1.15. The van der Waals surface area contributed by atoms with Gasteiger partial charge in [0.15, 0.2) is 0 Å². The zero-order valence-corrected chi connectivity index (χ0v) is 18.6. The summed E-state index contributed by atoms with van der Waals surface area (Å²) in [6, 6.07) is 17.2. The Labute approximate surface area is 188 Å². The highest BCUT2D eigenvalue weighted by Crippen LogP contribution is 2.24. The molecule has 1 aliphatic heterocycles. The van der Waals surface area contributed by atoms with E-state index in [4.69, 9.17) is 4.52 Å². The number of benzene rings is 2. The summed E-state index contributed by atoms with van der Waals surface area (Å²) in [5, 5.41) is 3.98. The van der Waals surface area contributed by atoms with E-state index in [9.17, 15) is 0 Å². The number of aromatic nitrogens is 4. The number of hydrogen-bond donors (Lipinski definition) is 0. The van der Waals surface area contributed by atoms with Crippen molar-refractivity contribution in [2.24, 2.45) is 7.05 Å². The molecule has 164 valence electrons. The summed E-state index contributed by atoms with van der Waals surface area (Å²) >= 11 is 0. The van der Waals surface area contributed by atoms with Crippen molar-refractivity contribution in [2.45, 2.75) is 20.0 Å². The second-order valence-electron chi connectivity index (χ2n) is 8.42. The van der Waals surface area contributed by atoms with Gasteiger partial charge in [-0.3, -0.25) is 9.80 Å². The van der Waals surface area contributed by atoms with Crippen molar-refractivity contribution in [3.8, 4) is 22.5 Å². The van der Waals surface area contributed by atoms with Gasteiger partial charge in [-0.15, -0.1) is 0 Å². The number of hydrogen-bond acceptors (Lipinski definition) is 6. The van der Waals surface area contributed by atoms with Crippen molar-refractivity contribution >= 4 is 0 Å². The van der Waals surface area contributed by atoms with Crippen LogP contribution < -0.4 is 0 Å². The topological polar surface area (TPSA) is 63.2 Å². The predicted molar refractivity (Wildman–Crippen MR) is 124 cm³/mol. The minimum absolute atomic E-state index is 0.578. The van der Waals surface area contributed by atoms with Gasteiger partial charge in [0, 0.05) is 64.7 Å². The second-order valence-corrected chi connectivity index (χ2v) is 8.42. The van der Waals surface area contributed by atoms with E-state index < -0.39 is 0 Å². The number of rotatable bonds is 6. The molecule has 0 unspecified atom stereocenters. The molecule has 0 N–H and O–H groups in total. The van der Waals surface area contributed by atoms with Crippen LogP contribution in [0.2, 0.25) is 0 Å². The van der Waals surface area contributed by atoms with Crippen LogP contribution >= 0.6 is 0 Å². The molecule has 3 heterocycles. The molecule has 0 aliphatic carbocycles. The number of nitrogens with zero attached hydrogens (tertiary/aromatic N) is 6. The fraction of sp³-hybridized carbons (Fsp3) is 0.320. The van der Waals surface area contributed by atoms with Gasteiger partial charge in [-0.05, 0) is 16.7 Å². The summed E-state index contributed by atoms with van der Waals surface area (Å²) in [6.07, 6.45) is 3.89. The summed E-state index contributed by atoms with van der Waals surface area (Å²) in [7, 11) is 2.06. The first-order valence-electron chi connectivity index (χ1n) is 11.0. The molecule has 0 bridgehead atoms. The van der Waals surface area contributed by atoms with E-state index in [1.807, 2.05) is 24.5 Å². The zero-order chi connectivity index (χ0) is 21.9. The van der Waals surface area contributed by atoms with Gasteiger partial charge in [-0.1, -0.05) is 53.7 Å². The van der Waals surface area contributed by atoms with Gasteiger partial charge >= 0.3 is 0 Å². The van der Waals surface area contributed by atoms with Gasteiger partial charge in [0.2, 0.25) is 11.7 Å². The van der Waals surface area contributed by atoms with Gasteiger partial charge in [-0.2, -0.15) is 4.98 Å². The highest BCUT2D eigenvalue weighted by Gasteiger charge is 2.18. The molecule has 1 aliphatic rings. The van der Waals surface area contributed by atoms with E-state index in [1.54, 1.807) is 6.92 Å². The predicted octanol–water partition coefficient (Wildman–Crippen LogP) is 3.76. The molecular weight excluding hydrogens is 400 g/mol. The summed E-state index contributed by atoms with van der Waals surface area (Å²) in [4.78, 5) is 13.8. The van der Waals surface area contributed by atoms with Crippen LogP contribution in [0.5, 0.6) is 0 Å². The van der Waals surface area contributed by atoms with Gasteiger partial charge in [0.05, 0.1) is 6.54 Å². The maximum atomic E-state index is 5.07. The Kier molecular flexibility index (Phi) is 5.83. The van der Waals surface area contributed by atoms with Gasteiger partial charge in [0.1, 0.15) is 5.82 Å². The molecule has 0 radical (unpaired) electrons. The van der Waals surface area contributed by atoms with Crippen molar-refractivity contribution in [1.82, 2.24) is 29.5 Å². The number of aryl methyl sites for hydroxylation is 2. The molecule has 2 aromatic carbocycles. The van der Waals surface area contributed by atoms with E-state index in [0.29, 0.717) is 11.7 Å². The third-order valence-electron chi connectivity index (χ3n) is 6.12. The number of imidazole rings is 1. The Morgan fingerprint density at radius 2 is 1.41 bits per heavy atom. The fourth-order valence-corrected chi connectivity index (χ4v) is 4.14. The van der Waals surface area contributed by atoms with Crippen molar-refractivity contribution < 1.29 is 4.52 Å². The van der Waals surface area contributed by atoms with E-state index in [1.165, 1.54) is 16.7 Å². The third-order valence-corrected chi connectivity index (χ3v) is 6.12. The first-order chi connectivity index (χ1) is 15.6. The first kappa shape index (κ1) is 20.6. The van der Waals surface area contributed by atoms with Crippen LogP contribution in [0.15, 0.2) is 65.4 Å². The van der Waals surface area contributed by atoms with E-state index >= 15 is 0 Å². The summed E-state index contributed by atoms with van der Waals surface area (Å²) < 4.78 is 7.18. The normalized spacial score (nSPS) is 15.3. The molecule has 0 atom stereocenters. The van der Waals surface area contributed by atoms with Gasteiger partial charge in [0.25, 0.3) is 0 Å². The Bertz CT molecular complexity index is 1150. The standard InChI is InChI=1S/C25H28N6O/c1-19-27-25(28-32-19)23-9-7-22(8-10-23)21-5-3-20(4-6-21)17-30-13-15-31(16-14-30)18-24-26-11-12-29(24)2/h3-12H,13-18H2,1-2H3. The van der Waals surface area contributed by atoms with E-state index in [0.717, 1.165) is 50.7 Å². The van der Waals surface area contributed by atoms with E-state index in [-0.39, 0.29) is 0 Å². The van der Waals surface area contributed by atoms with Crippen LogP contribution in [-0.4, -0.2) is 55.7 Å². The third kappa shape index (κ3) is 4.64.